The smallest absolute Gasteiger partial charge is 0.169 e. The van der Waals surface area contributed by atoms with Crippen LogP contribution in [0.4, 0.5) is 0 Å². The number of rotatable bonds is 2. The molecule has 2 bridgehead atoms. The summed E-state index contributed by atoms with van der Waals surface area (Å²) in [6, 6.07) is 0.629. The third-order valence-electron chi connectivity index (χ3n) is 4.22. The number of thiocarbonyl (C=S) groups is 1. The molecule has 2 unspecified atom stereocenters. The minimum atomic E-state index is 0.446. The van der Waals surface area contributed by atoms with Gasteiger partial charge in [0.05, 0.1) is 0 Å². The Balaban J connectivity index is 2.04. The number of hydrogen-bond acceptors (Lipinski definition) is 1. The topological polar surface area (TPSA) is 15.3 Å². The van der Waals surface area contributed by atoms with Crippen molar-refractivity contribution >= 4 is 17.3 Å². The Hall–Kier alpha value is -0.570. The van der Waals surface area contributed by atoms with Gasteiger partial charge in [0, 0.05) is 19.1 Å². The molecule has 2 atom stereocenters. The van der Waals surface area contributed by atoms with Crippen molar-refractivity contribution < 1.29 is 0 Å². The van der Waals surface area contributed by atoms with Crippen molar-refractivity contribution in [1.29, 1.82) is 0 Å². The van der Waals surface area contributed by atoms with Gasteiger partial charge in [0.15, 0.2) is 5.11 Å². The average Bonchev–Trinajstić information content (AvgIpc) is 2.44. The summed E-state index contributed by atoms with van der Waals surface area (Å²) in [4.78, 5) is 2.42. The van der Waals surface area contributed by atoms with Crippen molar-refractivity contribution in [3.05, 3.63) is 12.2 Å². The number of likely N-dealkylation sites (tertiary alicyclic amines) is 1. The highest BCUT2D eigenvalue weighted by Crippen LogP contribution is 2.52. The predicted octanol–water partition coefficient (Wildman–Crippen LogP) is 3.34. The summed E-state index contributed by atoms with van der Waals surface area (Å²) in [6.45, 7) is 15.1. The van der Waals surface area contributed by atoms with Crippen LogP contribution >= 0.6 is 12.2 Å². The van der Waals surface area contributed by atoms with E-state index < -0.39 is 0 Å². The normalized spacial score (nSPS) is 33.3. The lowest BCUT2D eigenvalue weighted by molar-refractivity contribution is 0.132. The third kappa shape index (κ3) is 2.87. The zero-order valence-electron chi connectivity index (χ0n) is 12.2. The van der Waals surface area contributed by atoms with Gasteiger partial charge >= 0.3 is 0 Å². The highest BCUT2D eigenvalue weighted by atomic mass is 32.1. The van der Waals surface area contributed by atoms with E-state index in [4.69, 9.17) is 12.2 Å². The van der Waals surface area contributed by atoms with Crippen molar-refractivity contribution in [3.63, 3.8) is 0 Å². The maximum Gasteiger partial charge on any atom is 0.169 e. The molecule has 1 saturated carbocycles. The number of fused-ring (bicyclic) bond motifs is 2. The van der Waals surface area contributed by atoms with Crippen LogP contribution in [0.25, 0.3) is 0 Å². The summed E-state index contributed by atoms with van der Waals surface area (Å²) in [7, 11) is 0. The van der Waals surface area contributed by atoms with Crippen molar-refractivity contribution in [2.75, 3.05) is 13.1 Å². The molecule has 3 heteroatoms. The summed E-state index contributed by atoms with van der Waals surface area (Å²) >= 11 is 5.55. The third-order valence-corrected chi connectivity index (χ3v) is 4.60. The summed E-state index contributed by atoms with van der Waals surface area (Å²) in [6.07, 6.45) is 3.87. The van der Waals surface area contributed by atoms with Gasteiger partial charge < -0.3 is 10.2 Å². The highest BCUT2D eigenvalue weighted by molar-refractivity contribution is 7.80. The molecule has 0 spiro atoms. The standard InChI is InChI=1S/C15H26N2S/c1-11(2)8-16-13(18)17-10-15(5)7-12(17)6-14(3,4)9-15/h12H,1,6-10H2,2-5H3,(H,16,18). The van der Waals surface area contributed by atoms with Crippen LogP contribution in [0.1, 0.15) is 47.0 Å². The Labute approximate surface area is 117 Å². The van der Waals surface area contributed by atoms with Gasteiger partial charge in [0.2, 0.25) is 0 Å². The minimum Gasteiger partial charge on any atom is -0.359 e. The second-order valence-electron chi connectivity index (χ2n) is 7.46. The minimum absolute atomic E-state index is 0.446. The first-order valence-corrected chi connectivity index (χ1v) is 7.31. The number of hydrogen-bond donors (Lipinski definition) is 1. The van der Waals surface area contributed by atoms with E-state index in [1.807, 2.05) is 6.92 Å². The van der Waals surface area contributed by atoms with Crippen LogP contribution in [0.15, 0.2) is 12.2 Å². The van der Waals surface area contributed by atoms with Gasteiger partial charge in [-0.05, 0) is 49.2 Å². The molecular formula is C15H26N2S. The summed E-state index contributed by atoms with van der Waals surface area (Å²) in [5.74, 6) is 0. The Morgan fingerprint density at radius 1 is 1.39 bits per heavy atom. The molecule has 1 heterocycles. The molecule has 0 radical (unpaired) electrons. The van der Waals surface area contributed by atoms with E-state index in [1.54, 1.807) is 0 Å². The predicted molar refractivity (Wildman–Crippen MR) is 81.6 cm³/mol. The van der Waals surface area contributed by atoms with Gasteiger partial charge in [-0.2, -0.15) is 0 Å². The molecular weight excluding hydrogens is 240 g/mol. The summed E-state index contributed by atoms with van der Waals surface area (Å²) in [5.41, 5.74) is 2.03. The van der Waals surface area contributed by atoms with Gasteiger partial charge in [0.25, 0.3) is 0 Å². The Bertz CT molecular complexity index is 375. The SMILES string of the molecule is C=C(C)CNC(=S)N1CC2(C)CC1CC(C)(C)C2. The maximum absolute atomic E-state index is 5.55. The molecule has 0 amide bonds. The van der Waals surface area contributed by atoms with E-state index in [9.17, 15) is 0 Å². The van der Waals surface area contributed by atoms with E-state index in [-0.39, 0.29) is 0 Å². The largest absolute Gasteiger partial charge is 0.359 e. The fourth-order valence-corrected chi connectivity index (χ4v) is 4.31. The van der Waals surface area contributed by atoms with Crippen LogP contribution < -0.4 is 5.32 Å². The number of nitrogens with one attached hydrogen (secondary N) is 1. The van der Waals surface area contributed by atoms with Crippen LogP contribution in [0.3, 0.4) is 0 Å². The van der Waals surface area contributed by atoms with Gasteiger partial charge in [-0.3, -0.25) is 0 Å². The average molecular weight is 266 g/mol. The summed E-state index contributed by atoms with van der Waals surface area (Å²) < 4.78 is 0. The van der Waals surface area contributed by atoms with E-state index in [1.165, 1.54) is 19.3 Å². The molecule has 2 nitrogen and oxygen atoms in total. The molecule has 2 aliphatic rings. The number of nitrogens with zero attached hydrogens (tertiary/aromatic N) is 1. The molecule has 0 aromatic carbocycles. The zero-order valence-corrected chi connectivity index (χ0v) is 13.0. The van der Waals surface area contributed by atoms with Crippen LogP contribution in [-0.2, 0) is 0 Å². The lowest BCUT2D eigenvalue weighted by Gasteiger charge is -2.39. The van der Waals surface area contributed by atoms with Crippen LogP contribution in [0, 0.1) is 10.8 Å². The maximum atomic E-state index is 5.55. The first-order chi connectivity index (χ1) is 8.21. The molecule has 1 saturated heterocycles. The molecule has 102 valence electrons. The molecule has 2 fully saturated rings. The van der Waals surface area contributed by atoms with Gasteiger partial charge in [-0.1, -0.05) is 32.9 Å². The molecule has 1 N–H and O–H groups in total. The van der Waals surface area contributed by atoms with Gasteiger partial charge in [0.1, 0.15) is 0 Å². The lowest BCUT2D eigenvalue weighted by Crippen LogP contribution is -2.43. The second-order valence-corrected chi connectivity index (χ2v) is 7.84. The fraction of sp³-hybridized carbons (Fsp3) is 0.800. The van der Waals surface area contributed by atoms with Crippen molar-refractivity contribution in [1.82, 2.24) is 10.2 Å². The monoisotopic (exact) mass is 266 g/mol. The van der Waals surface area contributed by atoms with Crippen molar-refractivity contribution in [3.8, 4) is 0 Å². The van der Waals surface area contributed by atoms with E-state index in [0.29, 0.717) is 16.9 Å². The van der Waals surface area contributed by atoms with Gasteiger partial charge in [-0.25, -0.2) is 0 Å². The van der Waals surface area contributed by atoms with Gasteiger partial charge in [-0.15, -0.1) is 0 Å². The second kappa shape index (κ2) is 4.52. The quantitative estimate of drug-likeness (QED) is 0.609. The molecule has 0 aromatic rings. The van der Waals surface area contributed by atoms with Crippen LogP contribution in [0.2, 0.25) is 0 Å². The Kier molecular flexibility index (Phi) is 3.48. The summed E-state index contributed by atoms with van der Waals surface area (Å²) in [5, 5.41) is 4.26. The van der Waals surface area contributed by atoms with Crippen LogP contribution in [0.5, 0.6) is 0 Å². The van der Waals surface area contributed by atoms with E-state index in [0.717, 1.165) is 23.8 Å². The molecule has 1 aliphatic heterocycles. The van der Waals surface area contributed by atoms with E-state index in [2.05, 4.69) is 37.6 Å². The molecule has 18 heavy (non-hydrogen) atoms. The Morgan fingerprint density at radius 3 is 2.67 bits per heavy atom. The fourth-order valence-electron chi connectivity index (χ4n) is 4.03. The Morgan fingerprint density at radius 2 is 2.06 bits per heavy atom. The van der Waals surface area contributed by atoms with Crippen LogP contribution in [-0.4, -0.2) is 29.1 Å². The highest BCUT2D eigenvalue weighted by Gasteiger charge is 2.50. The molecule has 2 rings (SSSR count). The lowest BCUT2D eigenvalue weighted by atomic mass is 9.65. The first-order valence-electron chi connectivity index (χ1n) is 6.90. The van der Waals surface area contributed by atoms with Crippen molar-refractivity contribution in [2.24, 2.45) is 10.8 Å². The molecule has 1 aliphatic carbocycles. The zero-order chi connectivity index (χ0) is 13.6. The first kappa shape index (κ1) is 13.9. The van der Waals surface area contributed by atoms with E-state index >= 15 is 0 Å². The molecule has 0 aromatic heterocycles. The van der Waals surface area contributed by atoms with Crippen molar-refractivity contribution in [2.45, 2.75) is 53.0 Å².